The molecule has 0 aromatic heterocycles. The van der Waals surface area contributed by atoms with Gasteiger partial charge in [-0.3, -0.25) is 14.4 Å². The minimum Gasteiger partial charge on any atom is -0.462 e. The van der Waals surface area contributed by atoms with E-state index >= 15 is 0 Å². The minimum atomic E-state index is -0.771. The molecule has 0 aliphatic heterocycles. The van der Waals surface area contributed by atoms with Gasteiger partial charge < -0.3 is 14.2 Å². The van der Waals surface area contributed by atoms with E-state index in [0.717, 1.165) is 70.6 Å². The van der Waals surface area contributed by atoms with Crippen LogP contribution in [0.4, 0.5) is 0 Å². The number of unbranched alkanes of at least 4 members (excludes halogenated alkanes) is 41. The topological polar surface area (TPSA) is 78.9 Å². The molecular formula is C62H116O6. The van der Waals surface area contributed by atoms with E-state index in [1.54, 1.807) is 0 Å². The molecule has 6 nitrogen and oxygen atoms in total. The van der Waals surface area contributed by atoms with Gasteiger partial charge in [-0.15, -0.1) is 0 Å². The van der Waals surface area contributed by atoms with Gasteiger partial charge in [-0.2, -0.15) is 0 Å². The maximum atomic E-state index is 12.9. The Morgan fingerprint density at radius 2 is 0.529 bits per heavy atom. The number of esters is 3. The van der Waals surface area contributed by atoms with Crippen LogP contribution in [-0.2, 0) is 28.6 Å². The van der Waals surface area contributed by atoms with Crippen LogP contribution in [0.3, 0.4) is 0 Å². The first-order valence-electron chi connectivity index (χ1n) is 30.3. The van der Waals surface area contributed by atoms with Gasteiger partial charge in [0.2, 0.25) is 0 Å². The summed E-state index contributed by atoms with van der Waals surface area (Å²) in [6.45, 7) is 6.67. The second-order valence-corrected chi connectivity index (χ2v) is 20.6. The summed E-state index contributed by atoms with van der Waals surface area (Å²) in [6, 6.07) is 0. The van der Waals surface area contributed by atoms with Crippen LogP contribution in [0.5, 0.6) is 0 Å². The molecular weight excluding hydrogens is 841 g/mol. The summed E-state index contributed by atoms with van der Waals surface area (Å²) in [6.07, 6.45) is 67.4. The molecule has 0 radical (unpaired) electrons. The van der Waals surface area contributed by atoms with Gasteiger partial charge in [-0.25, -0.2) is 0 Å². The van der Waals surface area contributed by atoms with Crippen molar-refractivity contribution in [1.82, 2.24) is 0 Å². The SMILES string of the molecule is CCCCCC/C=C\C/C=C\CCCCCCCCCC(=O)OC(COC(=O)CCCCCCCCCCCCCCC)COC(=O)CCCCCCCCCCCCCCCCCCCCC. The molecule has 0 saturated carbocycles. The fraction of sp³-hybridized carbons (Fsp3) is 0.887. The molecule has 1 unspecified atom stereocenters. The van der Waals surface area contributed by atoms with Crippen LogP contribution >= 0.6 is 0 Å². The summed E-state index contributed by atoms with van der Waals surface area (Å²) >= 11 is 0. The molecule has 0 aliphatic rings. The zero-order valence-corrected chi connectivity index (χ0v) is 45.9. The van der Waals surface area contributed by atoms with Crippen molar-refractivity contribution in [2.45, 2.75) is 341 Å². The van der Waals surface area contributed by atoms with Crippen LogP contribution in [0, 0.1) is 0 Å². The Kier molecular flexibility index (Phi) is 55.7. The van der Waals surface area contributed by atoms with Crippen LogP contribution in [-0.4, -0.2) is 37.2 Å². The van der Waals surface area contributed by atoms with Gasteiger partial charge >= 0.3 is 17.9 Å². The Balaban J connectivity index is 4.31. The number of allylic oxidation sites excluding steroid dienone is 4. The molecule has 0 heterocycles. The van der Waals surface area contributed by atoms with Crippen molar-refractivity contribution in [1.29, 1.82) is 0 Å². The highest BCUT2D eigenvalue weighted by atomic mass is 16.6. The van der Waals surface area contributed by atoms with Crippen LogP contribution in [0.2, 0.25) is 0 Å². The summed E-state index contributed by atoms with van der Waals surface area (Å²) in [7, 11) is 0. The first-order valence-corrected chi connectivity index (χ1v) is 30.3. The van der Waals surface area contributed by atoms with E-state index in [9.17, 15) is 14.4 Å². The molecule has 0 bridgehead atoms. The van der Waals surface area contributed by atoms with E-state index in [1.807, 2.05) is 0 Å². The van der Waals surface area contributed by atoms with Gasteiger partial charge in [0, 0.05) is 19.3 Å². The molecule has 0 aromatic carbocycles. The molecule has 0 rings (SSSR count). The van der Waals surface area contributed by atoms with E-state index in [2.05, 4.69) is 45.1 Å². The Bertz CT molecular complexity index is 1100. The number of carbonyl (C=O) groups excluding carboxylic acids is 3. The number of hydrogen-bond donors (Lipinski definition) is 0. The standard InChI is InChI=1S/C62H116O6/c1-4-7-10-13-16-19-22-25-27-29-31-33-34-37-40-43-46-49-52-55-61(64)67-58-59(57-66-60(63)54-51-48-45-42-39-36-24-21-18-15-12-9-6-3)68-62(65)56-53-50-47-44-41-38-35-32-30-28-26-23-20-17-14-11-8-5-2/h20,23,28,30,59H,4-19,21-22,24-27,29,31-58H2,1-3H3/b23-20-,30-28-. The average Bonchev–Trinajstić information content (AvgIpc) is 3.34. The third kappa shape index (κ3) is 54.8. The highest BCUT2D eigenvalue weighted by Crippen LogP contribution is 2.17. The van der Waals surface area contributed by atoms with E-state index in [0.29, 0.717) is 19.3 Å². The maximum absolute atomic E-state index is 12.9. The Morgan fingerprint density at radius 1 is 0.294 bits per heavy atom. The van der Waals surface area contributed by atoms with Crippen LogP contribution in [0.15, 0.2) is 24.3 Å². The minimum absolute atomic E-state index is 0.0687. The molecule has 0 saturated heterocycles. The molecule has 1 atom stereocenters. The summed E-state index contributed by atoms with van der Waals surface area (Å²) in [5.41, 5.74) is 0. The summed E-state index contributed by atoms with van der Waals surface area (Å²) in [4.78, 5) is 38.2. The van der Waals surface area contributed by atoms with Crippen LogP contribution < -0.4 is 0 Å². The summed E-state index contributed by atoms with van der Waals surface area (Å²) in [5, 5.41) is 0. The van der Waals surface area contributed by atoms with Gasteiger partial charge in [-0.1, -0.05) is 289 Å². The fourth-order valence-electron chi connectivity index (χ4n) is 9.12. The van der Waals surface area contributed by atoms with E-state index in [-0.39, 0.29) is 31.1 Å². The quantitative estimate of drug-likeness (QED) is 0.0262. The number of carbonyl (C=O) groups is 3. The molecule has 0 aromatic rings. The van der Waals surface area contributed by atoms with Crippen molar-refractivity contribution >= 4 is 17.9 Å². The maximum Gasteiger partial charge on any atom is 0.306 e. The van der Waals surface area contributed by atoms with Gasteiger partial charge in [0.05, 0.1) is 0 Å². The van der Waals surface area contributed by atoms with Crippen LogP contribution in [0.25, 0.3) is 0 Å². The first-order chi connectivity index (χ1) is 33.5. The molecule has 0 spiro atoms. The highest BCUT2D eigenvalue weighted by molar-refractivity contribution is 5.71. The predicted octanol–water partition coefficient (Wildman–Crippen LogP) is 20.3. The van der Waals surface area contributed by atoms with Crippen molar-refractivity contribution < 1.29 is 28.6 Å². The van der Waals surface area contributed by atoms with E-state index in [1.165, 1.54) is 225 Å². The normalized spacial score (nSPS) is 12.1. The lowest BCUT2D eigenvalue weighted by Gasteiger charge is -2.18. The second kappa shape index (κ2) is 57.5. The second-order valence-electron chi connectivity index (χ2n) is 20.6. The van der Waals surface area contributed by atoms with Gasteiger partial charge in [0.15, 0.2) is 6.10 Å². The zero-order valence-electron chi connectivity index (χ0n) is 45.9. The van der Waals surface area contributed by atoms with Crippen LogP contribution in [0.1, 0.15) is 335 Å². The molecule has 400 valence electrons. The third-order valence-electron chi connectivity index (χ3n) is 13.7. The number of rotatable bonds is 56. The van der Waals surface area contributed by atoms with E-state index < -0.39 is 6.10 Å². The number of hydrogen-bond acceptors (Lipinski definition) is 6. The first kappa shape index (κ1) is 65.9. The average molecular weight is 958 g/mol. The lowest BCUT2D eigenvalue weighted by Crippen LogP contribution is -2.30. The van der Waals surface area contributed by atoms with Gasteiger partial charge in [-0.05, 0) is 51.4 Å². The van der Waals surface area contributed by atoms with Gasteiger partial charge in [0.25, 0.3) is 0 Å². The van der Waals surface area contributed by atoms with Crippen molar-refractivity contribution in [3.63, 3.8) is 0 Å². The molecule has 6 heteroatoms. The van der Waals surface area contributed by atoms with Gasteiger partial charge in [0.1, 0.15) is 13.2 Å². The van der Waals surface area contributed by atoms with E-state index in [4.69, 9.17) is 14.2 Å². The lowest BCUT2D eigenvalue weighted by molar-refractivity contribution is -0.167. The smallest absolute Gasteiger partial charge is 0.306 e. The predicted molar refractivity (Wildman–Crippen MR) is 293 cm³/mol. The summed E-state index contributed by atoms with van der Waals surface area (Å²) < 4.78 is 16.9. The fourth-order valence-corrected chi connectivity index (χ4v) is 9.12. The summed E-state index contributed by atoms with van der Waals surface area (Å²) in [5.74, 6) is -0.852. The molecule has 0 N–H and O–H groups in total. The number of ether oxygens (including phenoxy) is 3. The zero-order chi connectivity index (χ0) is 49.3. The largest absolute Gasteiger partial charge is 0.462 e. The molecule has 0 aliphatic carbocycles. The van der Waals surface area contributed by atoms with Crippen molar-refractivity contribution in [2.75, 3.05) is 13.2 Å². The Labute approximate surface area is 423 Å². The highest BCUT2D eigenvalue weighted by Gasteiger charge is 2.19. The molecule has 0 fully saturated rings. The molecule has 68 heavy (non-hydrogen) atoms. The third-order valence-corrected chi connectivity index (χ3v) is 13.7. The van der Waals surface area contributed by atoms with Crippen molar-refractivity contribution in [3.8, 4) is 0 Å². The monoisotopic (exact) mass is 957 g/mol. The Morgan fingerprint density at radius 3 is 0.824 bits per heavy atom. The Hall–Kier alpha value is -2.11. The molecule has 0 amide bonds. The van der Waals surface area contributed by atoms with Crippen molar-refractivity contribution in [3.05, 3.63) is 24.3 Å². The van der Waals surface area contributed by atoms with Crippen molar-refractivity contribution in [2.24, 2.45) is 0 Å². The lowest BCUT2D eigenvalue weighted by atomic mass is 10.0.